The molecule has 3 aromatic carbocycles. The van der Waals surface area contributed by atoms with Crippen molar-refractivity contribution in [3.63, 3.8) is 0 Å². The highest BCUT2D eigenvalue weighted by molar-refractivity contribution is 6.06. The number of carbonyl (C=O) groups is 3. The van der Waals surface area contributed by atoms with Crippen LogP contribution < -0.4 is 4.90 Å². The Labute approximate surface area is 270 Å². The van der Waals surface area contributed by atoms with Crippen molar-refractivity contribution in [2.45, 2.75) is 62.3 Å². The van der Waals surface area contributed by atoms with Gasteiger partial charge in [-0.1, -0.05) is 79.7 Å². The van der Waals surface area contributed by atoms with Crippen molar-refractivity contribution >= 4 is 34.2 Å². The monoisotopic (exact) mass is 622 g/mol. The molecular weight excluding hydrogens is 580 g/mol. The molecular formula is C38H42N2O6. The smallest absolute Gasteiger partial charge is 0.312 e. The van der Waals surface area contributed by atoms with Gasteiger partial charge in [-0.25, -0.2) is 0 Å². The quantitative estimate of drug-likeness (QED) is 0.148. The number of hydrogen-bond acceptors (Lipinski definition) is 6. The van der Waals surface area contributed by atoms with Crippen molar-refractivity contribution < 1.29 is 29.0 Å². The van der Waals surface area contributed by atoms with E-state index in [1.807, 2.05) is 79.7 Å². The molecule has 1 N–H and O–H groups in total. The van der Waals surface area contributed by atoms with E-state index in [9.17, 15) is 14.7 Å². The number of rotatable bonds is 13. The van der Waals surface area contributed by atoms with Crippen LogP contribution in [0.15, 0.2) is 98.1 Å². The maximum absolute atomic E-state index is 15.1. The number of allylic oxidation sites excluding steroid dienone is 1. The van der Waals surface area contributed by atoms with Gasteiger partial charge in [0.15, 0.2) is 0 Å². The molecule has 46 heavy (non-hydrogen) atoms. The number of anilines is 1. The minimum absolute atomic E-state index is 0.194. The molecule has 0 saturated carbocycles. The van der Waals surface area contributed by atoms with Crippen molar-refractivity contribution in [1.29, 1.82) is 0 Å². The topological polar surface area (TPSA) is 96.4 Å². The Morgan fingerprint density at radius 2 is 1.80 bits per heavy atom. The van der Waals surface area contributed by atoms with Gasteiger partial charge in [0.05, 0.1) is 30.8 Å². The van der Waals surface area contributed by atoms with Crippen LogP contribution in [0.4, 0.5) is 5.69 Å². The van der Waals surface area contributed by atoms with Gasteiger partial charge in [-0.05, 0) is 60.6 Å². The molecule has 3 aliphatic heterocycles. The van der Waals surface area contributed by atoms with Crippen LogP contribution in [0.25, 0.3) is 10.8 Å². The summed E-state index contributed by atoms with van der Waals surface area (Å²) < 4.78 is 12.7. The Morgan fingerprint density at radius 3 is 2.50 bits per heavy atom. The molecule has 3 fully saturated rings. The summed E-state index contributed by atoms with van der Waals surface area (Å²) in [6.45, 7) is 9.62. The van der Waals surface area contributed by atoms with Gasteiger partial charge in [0.1, 0.15) is 17.6 Å². The normalized spacial score (nSPS) is 27.0. The van der Waals surface area contributed by atoms with Gasteiger partial charge < -0.3 is 24.4 Å². The lowest BCUT2D eigenvalue weighted by molar-refractivity contribution is -0.162. The van der Waals surface area contributed by atoms with E-state index in [2.05, 4.69) is 13.2 Å². The molecule has 3 aliphatic rings. The largest absolute Gasteiger partial charge is 0.465 e. The van der Waals surface area contributed by atoms with Gasteiger partial charge in [0, 0.05) is 12.2 Å². The molecule has 240 valence electrons. The third kappa shape index (κ3) is 5.04. The first-order chi connectivity index (χ1) is 22.4. The standard InChI is InChI=1S/C38H42N2O6/c1-4-7-13-23-45-36(44)32-31-34(42)40(30(25-41)27-15-9-8-10-16-27)33(38(31)21-20-37(32,6-3)46-38)35(43)39(22-5-2)29-19-18-26-14-11-12-17-28(26)24-29/h4-5,8-12,14-19,24,30-33,41H,1-2,6-7,13,20-23,25H2,3H3/t30-,31+,32-,33?,37+,38?/m1/s1. The second-order valence-electron chi connectivity index (χ2n) is 12.6. The van der Waals surface area contributed by atoms with Crippen LogP contribution in [0, 0.1) is 11.8 Å². The number of ether oxygens (including phenoxy) is 2. The Morgan fingerprint density at radius 1 is 1.07 bits per heavy atom. The minimum atomic E-state index is -1.27. The first-order valence-electron chi connectivity index (χ1n) is 16.2. The maximum atomic E-state index is 15.1. The molecule has 6 atom stereocenters. The van der Waals surface area contributed by atoms with Crippen LogP contribution in [0.1, 0.15) is 50.6 Å². The van der Waals surface area contributed by atoms with E-state index in [1.54, 1.807) is 17.1 Å². The summed E-state index contributed by atoms with van der Waals surface area (Å²) in [4.78, 5) is 46.9. The number of hydrogen-bond donors (Lipinski definition) is 1. The summed E-state index contributed by atoms with van der Waals surface area (Å²) in [7, 11) is 0. The van der Waals surface area contributed by atoms with Crippen LogP contribution in [0.2, 0.25) is 0 Å². The van der Waals surface area contributed by atoms with Gasteiger partial charge in [-0.3, -0.25) is 14.4 Å². The number of unbranched alkanes of at least 4 members (excludes halogenated alkanes) is 1. The van der Waals surface area contributed by atoms with Crippen molar-refractivity contribution in [3.8, 4) is 0 Å². The van der Waals surface area contributed by atoms with Crippen LogP contribution in [-0.4, -0.2) is 64.8 Å². The van der Waals surface area contributed by atoms with E-state index in [0.29, 0.717) is 43.4 Å². The molecule has 3 heterocycles. The van der Waals surface area contributed by atoms with Crippen molar-refractivity contribution in [1.82, 2.24) is 4.90 Å². The molecule has 2 bridgehead atoms. The summed E-state index contributed by atoms with van der Waals surface area (Å²) in [6.07, 6.45) is 6.20. The molecule has 0 aliphatic carbocycles. The lowest BCUT2D eigenvalue weighted by atomic mass is 9.65. The zero-order chi connectivity index (χ0) is 32.5. The number of aliphatic hydroxyl groups is 1. The Bertz CT molecular complexity index is 1640. The molecule has 8 heteroatoms. The summed E-state index contributed by atoms with van der Waals surface area (Å²) >= 11 is 0. The van der Waals surface area contributed by atoms with Gasteiger partial charge in [-0.15, -0.1) is 13.2 Å². The lowest BCUT2D eigenvalue weighted by Crippen LogP contribution is -2.57. The zero-order valence-electron chi connectivity index (χ0n) is 26.3. The van der Waals surface area contributed by atoms with Gasteiger partial charge >= 0.3 is 5.97 Å². The molecule has 2 amide bonds. The average Bonchev–Trinajstić information content (AvgIpc) is 3.69. The predicted octanol–water partition coefficient (Wildman–Crippen LogP) is 5.76. The SMILES string of the molecule is C=CCCCOC(=O)[C@H]1[C@H]2C(=O)N([C@H](CO)c3ccccc3)C(C(=O)N(CC=C)c3ccc4ccccc4c3)C23CC[C@]1(CC)O3. The highest BCUT2D eigenvalue weighted by atomic mass is 16.6. The second-order valence-corrected chi connectivity index (χ2v) is 12.6. The van der Waals surface area contributed by atoms with E-state index in [0.717, 1.165) is 10.8 Å². The molecule has 3 aromatic rings. The van der Waals surface area contributed by atoms with E-state index >= 15 is 4.79 Å². The number of amides is 2. The fraction of sp³-hybridized carbons (Fsp3) is 0.395. The fourth-order valence-electron chi connectivity index (χ4n) is 8.09. The number of nitrogens with zero attached hydrogens (tertiary/aromatic N) is 2. The molecule has 8 nitrogen and oxygen atoms in total. The van der Waals surface area contributed by atoms with Gasteiger partial charge in [0.25, 0.3) is 5.91 Å². The number of esters is 1. The van der Waals surface area contributed by atoms with Crippen molar-refractivity contribution in [2.75, 3.05) is 24.7 Å². The van der Waals surface area contributed by atoms with E-state index in [4.69, 9.17) is 9.47 Å². The summed E-state index contributed by atoms with van der Waals surface area (Å²) in [5.74, 6) is -2.99. The minimum Gasteiger partial charge on any atom is -0.465 e. The highest BCUT2D eigenvalue weighted by Gasteiger charge is 2.79. The van der Waals surface area contributed by atoms with Crippen molar-refractivity contribution in [3.05, 3.63) is 104 Å². The number of benzene rings is 3. The summed E-state index contributed by atoms with van der Waals surface area (Å²) in [5, 5.41) is 12.8. The Balaban J connectivity index is 1.47. The predicted molar refractivity (Wildman–Crippen MR) is 177 cm³/mol. The molecule has 0 radical (unpaired) electrons. The van der Waals surface area contributed by atoms with E-state index in [1.165, 1.54) is 4.90 Å². The van der Waals surface area contributed by atoms with E-state index < -0.39 is 47.7 Å². The van der Waals surface area contributed by atoms with Crippen LogP contribution >= 0.6 is 0 Å². The number of carbonyl (C=O) groups excluding carboxylic acids is 3. The average molecular weight is 623 g/mol. The zero-order valence-corrected chi connectivity index (χ0v) is 26.3. The summed E-state index contributed by atoms with van der Waals surface area (Å²) in [5.41, 5.74) is -0.842. The molecule has 1 spiro atoms. The summed E-state index contributed by atoms with van der Waals surface area (Å²) in [6, 6.07) is 21.0. The number of likely N-dealkylation sites (tertiary alicyclic amines) is 1. The molecule has 3 saturated heterocycles. The number of fused-ring (bicyclic) bond motifs is 2. The lowest BCUT2D eigenvalue weighted by Gasteiger charge is -2.39. The highest BCUT2D eigenvalue weighted by Crippen LogP contribution is 2.65. The third-order valence-corrected chi connectivity index (χ3v) is 10.2. The van der Waals surface area contributed by atoms with Gasteiger partial charge in [0.2, 0.25) is 5.91 Å². The Hall–Kier alpha value is -4.27. The fourth-order valence-corrected chi connectivity index (χ4v) is 8.09. The first kappa shape index (κ1) is 31.7. The molecule has 2 unspecified atom stereocenters. The Kier molecular flexibility index (Phi) is 8.86. The van der Waals surface area contributed by atoms with E-state index in [-0.39, 0.29) is 25.0 Å². The van der Waals surface area contributed by atoms with Gasteiger partial charge in [-0.2, -0.15) is 0 Å². The second kappa shape index (κ2) is 12.9. The maximum Gasteiger partial charge on any atom is 0.312 e. The third-order valence-electron chi connectivity index (χ3n) is 10.2. The number of aliphatic hydroxyl groups excluding tert-OH is 1. The molecule has 6 rings (SSSR count). The molecule has 0 aromatic heterocycles. The first-order valence-corrected chi connectivity index (χ1v) is 16.2. The van der Waals surface area contributed by atoms with Crippen LogP contribution in [0.3, 0.4) is 0 Å². The van der Waals surface area contributed by atoms with Crippen molar-refractivity contribution in [2.24, 2.45) is 11.8 Å². The van der Waals surface area contributed by atoms with Crippen LogP contribution in [0.5, 0.6) is 0 Å². The van der Waals surface area contributed by atoms with Crippen LogP contribution in [-0.2, 0) is 23.9 Å².